The number of hydrogen-bond acceptors (Lipinski definition) is 2. The van der Waals surface area contributed by atoms with Gasteiger partial charge >= 0.3 is 0 Å². The van der Waals surface area contributed by atoms with Crippen LogP contribution in [0.1, 0.15) is 5.56 Å². The minimum absolute atomic E-state index is 0.397. The third kappa shape index (κ3) is 1.27. The molecule has 4 radical (unpaired) electrons. The summed E-state index contributed by atoms with van der Waals surface area (Å²) in [6.07, 6.45) is 1.52. The van der Waals surface area contributed by atoms with Gasteiger partial charge in [-0.2, -0.15) is 0 Å². The van der Waals surface area contributed by atoms with Crippen LogP contribution in [0, 0.1) is 3.70 Å². The summed E-state index contributed by atoms with van der Waals surface area (Å²) in [6, 6.07) is 1.73. The number of anilines is 1. The van der Waals surface area contributed by atoms with Crippen molar-refractivity contribution in [3.05, 3.63) is 21.5 Å². The van der Waals surface area contributed by atoms with Crippen molar-refractivity contribution in [1.29, 1.82) is 0 Å². The Morgan fingerprint density at radius 1 is 1.54 bits per heavy atom. The fourth-order valence-electron chi connectivity index (χ4n) is 1.21. The second-order valence-electron chi connectivity index (χ2n) is 2.88. The molecule has 0 spiro atoms. The van der Waals surface area contributed by atoms with Crippen LogP contribution in [0.3, 0.4) is 0 Å². The maximum atomic E-state index is 11.3. The Labute approximate surface area is 91.7 Å². The Balaban J connectivity index is 2.62. The Bertz CT molecular complexity index is 394. The average Bonchev–Trinajstić information content (AvgIpc) is 2.23. The van der Waals surface area contributed by atoms with Gasteiger partial charge in [0.25, 0.3) is 0 Å². The highest BCUT2D eigenvalue weighted by atomic mass is 127. The molecule has 0 bridgehead atoms. The predicted octanol–water partition coefficient (Wildman–Crippen LogP) is 0.128. The molecule has 1 aromatic heterocycles. The number of pyridine rings is 1. The molecule has 0 aliphatic carbocycles. The van der Waals surface area contributed by atoms with E-state index in [4.69, 9.17) is 15.7 Å². The molecule has 0 atom stereocenters. The van der Waals surface area contributed by atoms with Gasteiger partial charge in [-0.15, -0.1) is 0 Å². The van der Waals surface area contributed by atoms with Gasteiger partial charge in [-0.05, 0) is 34.2 Å². The van der Waals surface area contributed by atoms with E-state index in [-0.39, 0.29) is 0 Å². The fourth-order valence-corrected chi connectivity index (χ4v) is 1.66. The first-order valence-electron chi connectivity index (χ1n) is 3.57. The van der Waals surface area contributed by atoms with Crippen LogP contribution in [0.15, 0.2) is 12.3 Å². The Kier molecular flexibility index (Phi) is 1.90. The van der Waals surface area contributed by atoms with Gasteiger partial charge < -0.3 is 5.32 Å². The molecular weight excluding hydrogens is 277 g/mol. The number of aromatic nitrogens is 1. The van der Waals surface area contributed by atoms with E-state index in [0.29, 0.717) is 11.3 Å². The van der Waals surface area contributed by atoms with Crippen molar-refractivity contribution < 1.29 is 4.79 Å². The number of carbonyl (C=O) groups is 1. The van der Waals surface area contributed by atoms with Crippen molar-refractivity contribution in [2.24, 2.45) is 0 Å². The third-order valence-electron chi connectivity index (χ3n) is 1.94. The predicted molar refractivity (Wildman–Crippen MR) is 58.8 cm³/mol. The van der Waals surface area contributed by atoms with E-state index < -0.39 is 11.1 Å². The van der Waals surface area contributed by atoms with Crippen molar-refractivity contribution >= 4 is 49.9 Å². The number of amides is 1. The van der Waals surface area contributed by atoms with Crippen molar-refractivity contribution in [2.75, 3.05) is 5.32 Å². The lowest BCUT2D eigenvalue weighted by atomic mass is 9.52. The van der Waals surface area contributed by atoms with Gasteiger partial charge in [0.05, 0.1) is 15.7 Å². The Hall–Kier alpha value is -0.520. The van der Waals surface area contributed by atoms with Gasteiger partial charge in [-0.1, -0.05) is 0 Å². The first-order valence-corrected chi connectivity index (χ1v) is 4.65. The molecule has 1 N–H and O–H groups in total. The largest absolute Gasteiger partial charge is 0.326 e. The molecule has 0 fully saturated rings. The van der Waals surface area contributed by atoms with Crippen molar-refractivity contribution in [1.82, 2.24) is 4.98 Å². The van der Waals surface area contributed by atoms with Gasteiger partial charge in [0.1, 0.15) is 3.70 Å². The lowest BCUT2D eigenvalue weighted by molar-refractivity contribution is -0.116. The van der Waals surface area contributed by atoms with Crippen LogP contribution in [0.4, 0.5) is 5.69 Å². The molecule has 2 rings (SSSR count). The van der Waals surface area contributed by atoms with Gasteiger partial charge in [-0.25, -0.2) is 4.98 Å². The van der Waals surface area contributed by atoms with E-state index in [1.165, 1.54) is 6.20 Å². The maximum Gasteiger partial charge on any atom is 0.217 e. The zero-order valence-electron chi connectivity index (χ0n) is 6.54. The topological polar surface area (TPSA) is 42.0 Å². The Morgan fingerprint density at radius 2 is 2.23 bits per heavy atom. The summed E-state index contributed by atoms with van der Waals surface area (Å²) in [5.41, 5.74) is 1.19. The molecule has 1 aliphatic rings. The average molecular weight is 280 g/mol. The molecule has 13 heavy (non-hydrogen) atoms. The van der Waals surface area contributed by atoms with Crippen LogP contribution in [0.5, 0.6) is 0 Å². The highest BCUT2D eigenvalue weighted by Gasteiger charge is 2.37. The number of carbonyl (C=O) groups excluding carboxylic acids is 1. The molecule has 6 heteroatoms. The fraction of sp³-hybridized carbons (Fsp3) is 0.143. The minimum Gasteiger partial charge on any atom is -0.326 e. The van der Waals surface area contributed by atoms with Crippen LogP contribution in [-0.2, 0) is 10.0 Å². The normalized spacial score (nSPS) is 18.1. The molecule has 3 nitrogen and oxygen atoms in total. The zero-order chi connectivity index (χ0) is 9.64. The number of rotatable bonds is 0. The van der Waals surface area contributed by atoms with E-state index in [1.807, 2.05) is 22.6 Å². The van der Waals surface area contributed by atoms with Crippen LogP contribution < -0.4 is 5.32 Å². The molecule has 1 aromatic rings. The molecule has 1 aliphatic heterocycles. The number of halogens is 1. The van der Waals surface area contributed by atoms with Crippen LogP contribution in [-0.4, -0.2) is 26.6 Å². The summed E-state index contributed by atoms with van der Waals surface area (Å²) in [4.78, 5) is 15.3. The number of nitrogens with one attached hydrogen (secondary N) is 1. The first-order chi connectivity index (χ1) is 6.01. The van der Waals surface area contributed by atoms with Crippen molar-refractivity contribution in [3.63, 3.8) is 0 Å². The highest BCUT2D eigenvalue weighted by molar-refractivity contribution is 14.1. The monoisotopic (exact) mass is 280 g/mol. The molecular formula is C7H3B2IN2O. The Morgan fingerprint density at radius 3 is 2.92 bits per heavy atom. The van der Waals surface area contributed by atoms with E-state index in [0.717, 1.165) is 3.70 Å². The van der Waals surface area contributed by atoms with Crippen molar-refractivity contribution in [3.8, 4) is 0 Å². The van der Waals surface area contributed by atoms with Gasteiger partial charge in [-0.3, -0.25) is 4.79 Å². The minimum atomic E-state index is -1.44. The summed E-state index contributed by atoms with van der Waals surface area (Å²) in [7, 11) is 11.2. The summed E-state index contributed by atoms with van der Waals surface area (Å²) in [6.45, 7) is 0. The second-order valence-corrected chi connectivity index (χ2v) is 3.98. The smallest absolute Gasteiger partial charge is 0.217 e. The van der Waals surface area contributed by atoms with E-state index in [9.17, 15) is 4.79 Å². The lowest BCUT2D eigenvalue weighted by Gasteiger charge is -2.14. The molecule has 60 valence electrons. The summed E-state index contributed by atoms with van der Waals surface area (Å²) in [5, 5.41) is 1.16. The molecule has 0 unspecified atom stereocenters. The van der Waals surface area contributed by atoms with Gasteiger partial charge in [0.2, 0.25) is 5.91 Å². The maximum absolute atomic E-state index is 11.3. The molecule has 0 aromatic carbocycles. The first kappa shape index (κ1) is 9.05. The lowest BCUT2D eigenvalue weighted by Crippen LogP contribution is -2.35. The molecule has 0 saturated heterocycles. The van der Waals surface area contributed by atoms with E-state index in [2.05, 4.69) is 10.3 Å². The van der Waals surface area contributed by atoms with Gasteiger partial charge in [0, 0.05) is 17.1 Å². The molecule has 0 saturated carbocycles. The number of fused-ring (bicyclic) bond motifs is 1. The van der Waals surface area contributed by atoms with Crippen LogP contribution in [0.2, 0.25) is 0 Å². The van der Waals surface area contributed by atoms with E-state index >= 15 is 0 Å². The number of nitrogens with zero attached hydrogens (tertiary/aromatic N) is 1. The second kappa shape index (κ2) is 2.73. The summed E-state index contributed by atoms with van der Waals surface area (Å²) < 4.78 is 0.786. The SMILES string of the molecule is [B]C1([B])C(=O)Nc2cc(I)ncc21. The van der Waals surface area contributed by atoms with E-state index in [1.54, 1.807) is 6.07 Å². The van der Waals surface area contributed by atoms with Crippen molar-refractivity contribution in [2.45, 2.75) is 5.21 Å². The summed E-state index contributed by atoms with van der Waals surface area (Å²) in [5.74, 6) is -0.397. The third-order valence-corrected chi connectivity index (χ3v) is 2.53. The standard InChI is InChI=1S/C7H3B2IN2O/c8-7(9)3-2-11-5(10)1-4(3)12-6(7)13/h1-2H,(H,12,13). The molecule has 1 amide bonds. The summed E-state index contributed by atoms with van der Waals surface area (Å²) >= 11 is 2.05. The highest BCUT2D eigenvalue weighted by Crippen LogP contribution is 2.32. The van der Waals surface area contributed by atoms with Crippen LogP contribution in [0.25, 0.3) is 0 Å². The van der Waals surface area contributed by atoms with Gasteiger partial charge in [0.15, 0.2) is 0 Å². The quantitative estimate of drug-likeness (QED) is 0.417. The zero-order valence-corrected chi connectivity index (χ0v) is 8.70. The molecule has 2 heterocycles. The number of hydrogen-bond donors (Lipinski definition) is 1. The van der Waals surface area contributed by atoms with Crippen LogP contribution >= 0.6 is 22.6 Å².